The van der Waals surface area contributed by atoms with Crippen LogP contribution in [0.4, 0.5) is 5.69 Å². The highest BCUT2D eigenvalue weighted by Crippen LogP contribution is 2.39. The molecule has 1 amide bonds. The van der Waals surface area contributed by atoms with Crippen LogP contribution in [0.25, 0.3) is 16.5 Å². The van der Waals surface area contributed by atoms with Gasteiger partial charge >= 0.3 is 0 Å². The Balaban J connectivity index is 1.79. The molecule has 0 fully saturated rings. The van der Waals surface area contributed by atoms with E-state index in [9.17, 15) is 13.2 Å². The molecule has 8 heteroatoms. The zero-order valence-corrected chi connectivity index (χ0v) is 17.8. The second kappa shape index (κ2) is 6.95. The Morgan fingerprint density at radius 3 is 2.55 bits per heavy atom. The van der Waals surface area contributed by atoms with Crippen LogP contribution >= 0.6 is 0 Å². The summed E-state index contributed by atoms with van der Waals surface area (Å²) in [5.74, 6) is -0.242. The maximum absolute atomic E-state index is 12.5. The number of hydrogen-bond acceptors (Lipinski definition) is 5. The van der Waals surface area contributed by atoms with Gasteiger partial charge in [-0.3, -0.25) is 4.79 Å². The van der Waals surface area contributed by atoms with Crippen molar-refractivity contribution in [3.63, 3.8) is 0 Å². The smallest absolute Gasteiger partial charge is 0.275 e. The monoisotopic (exact) mass is 432 g/mol. The van der Waals surface area contributed by atoms with Gasteiger partial charge in [0, 0.05) is 22.8 Å². The van der Waals surface area contributed by atoms with Crippen molar-refractivity contribution < 1.29 is 13.2 Å². The van der Waals surface area contributed by atoms with E-state index in [4.69, 9.17) is 0 Å². The summed E-state index contributed by atoms with van der Waals surface area (Å²) >= 11 is 0. The second-order valence-corrected chi connectivity index (χ2v) is 9.54. The number of nitrogens with zero attached hydrogens (tertiary/aromatic N) is 2. The van der Waals surface area contributed by atoms with Crippen molar-refractivity contribution in [3.8, 4) is 0 Å². The molecule has 2 aliphatic rings. The normalized spacial score (nSPS) is 18.3. The topological polar surface area (TPSA) is 92.6 Å². The molecule has 1 aromatic heterocycles. The lowest BCUT2D eigenvalue weighted by Crippen LogP contribution is -2.19. The molecule has 0 bridgehead atoms. The van der Waals surface area contributed by atoms with E-state index in [2.05, 4.69) is 15.8 Å². The van der Waals surface area contributed by atoms with Crippen LogP contribution in [0.3, 0.4) is 0 Å². The summed E-state index contributed by atoms with van der Waals surface area (Å²) in [5.41, 5.74) is 8.52. The summed E-state index contributed by atoms with van der Waals surface area (Å²) in [4.78, 5) is 12.4. The number of allylic oxidation sites excluding steroid dienone is 1. The number of aromatic nitrogens is 1. The number of rotatable bonds is 3. The van der Waals surface area contributed by atoms with Gasteiger partial charge in [-0.05, 0) is 49.3 Å². The van der Waals surface area contributed by atoms with Crippen LogP contribution < -0.4 is 10.7 Å². The number of nitrogens with one attached hydrogen (secondary N) is 2. The van der Waals surface area contributed by atoms with Crippen molar-refractivity contribution in [1.29, 1.82) is 0 Å². The minimum absolute atomic E-state index is 0.0143. The Labute approximate surface area is 179 Å². The third kappa shape index (κ3) is 2.98. The van der Waals surface area contributed by atoms with Gasteiger partial charge in [0.1, 0.15) is 0 Å². The molecule has 0 radical (unpaired) electrons. The summed E-state index contributed by atoms with van der Waals surface area (Å²) in [6, 6.07) is 15.3. The molecule has 0 atom stereocenters. The van der Waals surface area contributed by atoms with Crippen molar-refractivity contribution in [2.75, 3.05) is 11.1 Å². The fraction of sp³-hybridized carbons (Fsp3) is 0.130. The maximum Gasteiger partial charge on any atom is 0.275 e. The summed E-state index contributed by atoms with van der Waals surface area (Å²) in [5, 5.41) is 8.21. The van der Waals surface area contributed by atoms with Gasteiger partial charge in [0.2, 0.25) is 10.0 Å². The number of carbonyl (C=O) groups excluding carboxylic acids is 1. The van der Waals surface area contributed by atoms with Gasteiger partial charge in [0.05, 0.1) is 28.3 Å². The quantitative estimate of drug-likeness (QED) is 0.620. The van der Waals surface area contributed by atoms with E-state index in [1.807, 2.05) is 48.5 Å². The first-order valence-corrected chi connectivity index (χ1v) is 11.5. The average molecular weight is 433 g/mol. The second-order valence-electron chi connectivity index (χ2n) is 7.41. The molecule has 31 heavy (non-hydrogen) atoms. The van der Waals surface area contributed by atoms with E-state index in [1.165, 1.54) is 3.97 Å². The van der Waals surface area contributed by atoms with Crippen LogP contribution in [0.5, 0.6) is 0 Å². The van der Waals surface area contributed by atoms with Gasteiger partial charge in [0.25, 0.3) is 5.91 Å². The van der Waals surface area contributed by atoms with Gasteiger partial charge in [0.15, 0.2) is 0 Å². The van der Waals surface area contributed by atoms with Crippen LogP contribution in [-0.4, -0.2) is 29.8 Å². The average Bonchev–Trinajstić information content (AvgIpc) is 3.36. The van der Waals surface area contributed by atoms with Gasteiger partial charge in [-0.2, -0.15) is 5.10 Å². The zero-order valence-electron chi connectivity index (χ0n) is 17.0. The zero-order chi connectivity index (χ0) is 21.8. The third-order valence-corrected chi connectivity index (χ3v) is 7.26. The van der Waals surface area contributed by atoms with Gasteiger partial charge in [-0.15, -0.1) is 0 Å². The number of amides is 1. The molecule has 0 saturated heterocycles. The number of para-hydroxylation sites is 1. The number of hydrazone groups is 1. The molecule has 5 rings (SSSR count). The third-order valence-electron chi connectivity index (χ3n) is 5.61. The molecular formula is C23H20N4O3S. The molecule has 2 aliphatic heterocycles. The molecule has 2 N–H and O–H groups in total. The lowest BCUT2D eigenvalue weighted by Gasteiger charge is -2.23. The van der Waals surface area contributed by atoms with Crippen LogP contribution in [-0.2, 0) is 14.8 Å². The standard InChI is InChI=1S/C23H20N4O3S/c1-3-31(29,30)27-12-11-17-15(8-6-10-21(17)27)18-13-20(22-14(2)25-26-23(22)28)24-19-9-5-4-7-16(18)19/h4-13,24H,3H2,1-2H3,(H,26,28)/b22-20-. The predicted octanol–water partition coefficient (Wildman–Crippen LogP) is 3.46. The Morgan fingerprint density at radius 2 is 1.81 bits per heavy atom. The fourth-order valence-corrected chi connectivity index (χ4v) is 5.06. The number of anilines is 1. The van der Waals surface area contributed by atoms with Crippen LogP contribution in [0.1, 0.15) is 25.0 Å². The highest BCUT2D eigenvalue weighted by atomic mass is 32.2. The van der Waals surface area contributed by atoms with Gasteiger partial charge < -0.3 is 5.32 Å². The summed E-state index contributed by atoms with van der Waals surface area (Å²) in [6.07, 6.45) is 3.53. The first-order valence-electron chi connectivity index (χ1n) is 9.92. The molecule has 3 heterocycles. The Bertz CT molecular complexity index is 1460. The molecule has 3 aromatic rings. The SMILES string of the molecule is CCS(=O)(=O)n1ccc2c(C3=C/C(=C4/C(=O)NN=C4C)Nc4ccccc43)cccc21. The van der Waals surface area contributed by atoms with Crippen LogP contribution in [0, 0.1) is 0 Å². The van der Waals surface area contributed by atoms with E-state index >= 15 is 0 Å². The highest BCUT2D eigenvalue weighted by molar-refractivity contribution is 7.90. The first kappa shape index (κ1) is 19.3. The van der Waals surface area contributed by atoms with E-state index < -0.39 is 10.0 Å². The summed E-state index contributed by atoms with van der Waals surface area (Å²) in [6.45, 7) is 3.41. The number of carbonyl (C=O) groups is 1. The molecule has 156 valence electrons. The minimum Gasteiger partial charge on any atom is -0.354 e. The van der Waals surface area contributed by atoms with Crippen LogP contribution in [0.2, 0.25) is 0 Å². The number of hydrogen-bond donors (Lipinski definition) is 2. The molecule has 2 aromatic carbocycles. The molecule has 0 saturated carbocycles. The van der Waals surface area contributed by atoms with Crippen molar-refractivity contribution in [1.82, 2.24) is 9.40 Å². The summed E-state index contributed by atoms with van der Waals surface area (Å²) < 4.78 is 26.4. The van der Waals surface area contributed by atoms with E-state index in [-0.39, 0.29) is 11.7 Å². The Morgan fingerprint density at radius 1 is 1.03 bits per heavy atom. The molecular weight excluding hydrogens is 412 g/mol. The number of benzene rings is 2. The van der Waals surface area contributed by atoms with Gasteiger partial charge in [-0.1, -0.05) is 30.3 Å². The van der Waals surface area contributed by atoms with Crippen molar-refractivity contribution in [2.45, 2.75) is 13.8 Å². The minimum atomic E-state index is -3.42. The molecule has 0 aliphatic carbocycles. The maximum atomic E-state index is 12.5. The lowest BCUT2D eigenvalue weighted by atomic mass is 9.90. The molecule has 0 spiro atoms. The molecule has 0 unspecified atom stereocenters. The van der Waals surface area contributed by atoms with E-state index in [1.54, 1.807) is 26.1 Å². The number of fused-ring (bicyclic) bond motifs is 2. The highest BCUT2D eigenvalue weighted by Gasteiger charge is 2.27. The fourth-order valence-electron chi connectivity index (χ4n) is 4.08. The molecule has 7 nitrogen and oxygen atoms in total. The Kier molecular flexibility index (Phi) is 4.33. The van der Waals surface area contributed by atoms with Gasteiger partial charge in [-0.25, -0.2) is 17.8 Å². The Hall–Kier alpha value is -3.65. The van der Waals surface area contributed by atoms with Crippen LogP contribution in [0.15, 0.2) is 77.2 Å². The lowest BCUT2D eigenvalue weighted by molar-refractivity contribution is -0.116. The van der Waals surface area contributed by atoms with E-state index in [0.717, 1.165) is 27.8 Å². The van der Waals surface area contributed by atoms with E-state index in [0.29, 0.717) is 22.5 Å². The predicted molar refractivity (Wildman–Crippen MR) is 122 cm³/mol. The van der Waals surface area contributed by atoms with Crippen molar-refractivity contribution >= 4 is 43.8 Å². The summed E-state index contributed by atoms with van der Waals surface area (Å²) in [7, 11) is -3.42. The largest absolute Gasteiger partial charge is 0.354 e. The first-order chi connectivity index (χ1) is 14.9. The van der Waals surface area contributed by atoms with Crippen molar-refractivity contribution in [3.05, 3.63) is 83.2 Å². The van der Waals surface area contributed by atoms with Crippen molar-refractivity contribution in [2.24, 2.45) is 5.10 Å².